The monoisotopic (exact) mass is 348 g/mol. The number of aliphatic hydroxyl groups excluding tert-OH is 1. The number of esters is 1. The lowest BCUT2D eigenvalue weighted by atomic mass is 9.43. The van der Waals surface area contributed by atoms with E-state index in [0.29, 0.717) is 25.6 Å². The van der Waals surface area contributed by atoms with E-state index in [1.165, 1.54) is 0 Å². The molecular weight excluding hydrogens is 320 g/mol. The van der Waals surface area contributed by atoms with E-state index in [-0.39, 0.29) is 17.3 Å². The van der Waals surface area contributed by atoms with Crippen molar-refractivity contribution in [3.8, 4) is 0 Å². The molecule has 0 amide bonds. The molecule has 1 saturated heterocycles. The predicted molar refractivity (Wildman–Crippen MR) is 90.7 cm³/mol. The zero-order valence-electron chi connectivity index (χ0n) is 15.1. The molecule has 6 atom stereocenters. The first-order chi connectivity index (χ1) is 11.9. The highest BCUT2D eigenvalue weighted by Gasteiger charge is 2.73. The van der Waals surface area contributed by atoms with Gasteiger partial charge in [-0.2, -0.15) is 0 Å². The van der Waals surface area contributed by atoms with E-state index >= 15 is 0 Å². The standard InChI is InChI=1S/C20H28O5/c1-13-8-16(22)20(11-21)15(4-3-6-19(20)12-25-19)18(13,2)7-5-14-9-17(23)24-10-14/h9,11,13,15-16,22H,3-8,10,12H2,1-2H3/t13-,15-,16+,18+,19+,20+/m1/s1. The summed E-state index contributed by atoms with van der Waals surface area (Å²) in [4.78, 5) is 23.7. The summed E-state index contributed by atoms with van der Waals surface area (Å²) in [7, 11) is 0. The molecular formula is C20H28O5. The van der Waals surface area contributed by atoms with E-state index in [0.717, 1.165) is 44.0 Å². The Labute approximate surface area is 148 Å². The van der Waals surface area contributed by atoms with E-state index in [4.69, 9.17) is 9.47 Å². The van der Waals surface area contributed by atoms with Crippen molar-refractivity contribution < 1.29 is 24.2 Å². The molecule has 2 heterocycles. The summed E-state index contributed by atoms with van der Waals surface area (Å²) < 4.78 is 10.8. The Kier molecular flexibility index (Phi) is 3.89. The second-order valence-electron chi connectivity index (χ2n) is 8.85. The number of carbonyl (C=O) groups excluding carboxylic acids is 2. The third kappa shape index (κ3) is 2.28. The molecule has 0 aromatic rings. The Bertz CT molecular complexity index is 622. The molecule has 4 rings (SSSR count). The van der Waals surface area contributed by atoms with Crippen molar-refractivity contribution in [1.82, 2.24) is 0 Å². The Hall–Kier alpha value is -1.20. The number of hydrogen-bond acceptors (Lipinski definition) is 5. The largest absolute Gasteiger partial charge is 0.458 e. The number of ether oxygens (including phenoxy) is 2. The van der Waals surface area contributed by atoms with Crippen LogP contribution in [0, 0.1) is 22.7 Å². The molecule has 1 N–H and O–H groups in total. The second-order valence-corrected chi connectivity index (χ2v) is 8.85. The number of epoxide rings is 1. The highest BCUT2D eigenvalue weighted by Crippen LogP contribution is 2.67. The molecule has 1 spiro atoms. The van der Waals surface area contributed by atoms with Gasteiger partial charge in [0.15, 0.2) is 0 Å². The average molecular weight is 348 g/mol. The van der Waals surface area contributed by atoms with Crippen LogP contribution in [0.1, 0.15) is 52.4 Å². The summed E-state index contributed by atoms with van der Waals surface area (Å²) in [6, 6.07) is 0. The minimum atomic E-state index is -0.775. The van der Waals surface area contributed by atoms with Crippen molar-refractivity contribution in [1.29, 1.82) is 0 Å². The van der Waals surface area contributed by atoms with Crippen LogP contribution in [0.2, 0.25) is 0 Å². The van der Waals surface area contributed by atoms with Gasteiger partial charge in [-0.05, 0) is 54.9 Å². The number of carbonyl (C=O) groups is 2. The zero-order chi connectivity index (χ0) is 17.9. The molecule has 5 heteroatoms. The van der Waals surface area contributed by atoms with Gasteiger partial charge in [0.1, 0.15) is 18.5 Å². The predicted octanol–water partition coefficient (Wildman–Crippen LogP) is 2.41. The fourth-order valence-corrected chi connectivity index (χ4v) is 6.08. The van der Waals surface area contributed by atoms with Crippen molar-refractivity contribution in [2.24, 2.45) is 22.7 Å². The minimum absolute atomic E-state index is 0.0635. The molecule has 25 heavy (non-hydrogen) atoms. The van der Waals surface area contributed by atoms with Gasteiger partial charge in [0, 0.05) is 6.08 Å². The lowest BCUT2D eigenvalue weighted by Crippen LogP contribution is -2.65. The fraction of sp³-hybridized carbons (Fsp3) is 0.800. The second kappa shape index (κ2) is 5.65. The summed E-state index contributed by atoms with van der Waals surface area (Å²) in [5.41, 5.74) is -0.242. The Morgan fingerprint density at radius 1 is 1.44 bits per heavy atom. The van der Waals surface area contributed by atoms with Gasteiger partial charge in [0.2, 0.25) is 0 Å². The molecule has 3 fully saturated rings. The van der Waals surface area contributed by atoms with Gasteiger partial charge in [-0.3, -0.25) is 0 Å². The minimum Gasteiger partial charge on any atom is -0.458 e. The Morgan fingerprint density at radius 3 is 2.80 bits per heavy atom. The Morgan fingerprint density at radius 2 is 2.20 bits per heavy atom. The summed E-state index contributed by atoms with van der Waals surface area (Å²) >= 11 is 0. The third-order valence-corrected chi connectivity index (χ3v) is 7.88. The quantitative estimate of drug-likeness (QED) is 0.480. The van der Waals surface area contributed by atoms with E-state index < -0.39 is 17.1 Å². The maximum Gasteiger partial charge on any atom is 0.331 e. The van der Waals surface area contributed by atoms with Crippen LogP contribution in [0.5, 0.6) is 0 Å². The molecule has 4 aliphatic rings. The molecule has 2 aliphatic heterocycles. The van der Waals surface area contributed by atoms with Crippen LogP contribution in [0.25, 0.3) is 0 Å². The lowest BCUT2D eigenvalue weighted by molar-refractivity contribution is -0.189. The highest BCUT2D eigenvalue weighted by atomic mass is 16.6. The summed E-state index contributed by atoms with van der Waals surface area (Å²) in [5, 5.41) is 11.0. The molecule has 0 radical (unpaired) electrons. The van der Waals surface area contributed by atoms with Gasteiger partial charge in [-0.1, -0.05) is 20.3 Å². The average Bonchev–Trinajstić information content (AvgIpc) is 3.23. The first kappa shape index (κ1) is 17.2. The van der Waals surface area contributed by atoms with Crippen LogP contribution in [-0.4, -0.2) is 42.3 Å². The van der Waals surface area contributed by atoms with Crippen molar-refractivity contribution in [3.05, 3.63) is 11.6 Å². The molecule has 0 bridgehead atoms. The topological polar surface area (TPSA) is 76.1 Å². The number of hydrogen-bond donors (Lipinski definition) is 1. The van der Waals surface area contributed by atoms with E-state index in [1.807, 2.05) is 0 Å². The van der Waals surface area contributed by atoms with Crippen LogP contribution < -0.4 is 0 Å². The molecule has 5 nitrogen and oxygen atoms in total. The molecule has 2 aliphatic carbocycles. The van der Waals surface area contributed by atoms with Crippen LogP contribution >= 0.6 is 0 Å². The number of cyclic esters (lactones) is 1. The third-order valence-electron chi connectivity index (χ3n) is 7.88. The fourth-order valence-electron chi connectivity index (χ4n) is 6.08. The first-order valence-electron chi connectivity index (χ1n) is 9.52. The van der Waals surface area contributed by atoms with Gasteiger partial charge in [0.05, 0.1) is 18.1 Å². The highest BCUT2D eigenvalue weighted by molar-refractivity contribution is 5.85. The van der Waals surface area contributed by atoms with E-state index in [9.17, 15) is 14.7 Å². The zero-order valence-corrected chi connectivity index (χ0v) is 15.1. The number of rotatable bonds is 4. The van der Waals surface area contributed by atoms with Crippen LogP contribution in [0.15, 0.2) is 11.6 Å². The van der Waals surface area contributed by atoms with E-state index in [1.54, 1.807) is 6.08 Å². The van der Waals surface area contributed by atoms with Gasteiger partial charge in [-0.15, -0.1) is 0 Å². The number of aliphatic hydroxyl groups is 1. The van der Waals surface area contributed by atoms with Gasteiger partial charge >= 0.3 is 5.97 Å². The van der Waals surface area contributed by atoms with Crippen molar-refractivity contribution in [3.63, 3.8) is 0 Å². The number of aldehydes is 1. The van der Waals surface area contributed by atoms with Crippen LogP contribution in [0.4, 0.5) is 0 Å². The SMILES string of the molecule is C[C@@H]1C[C@H](O)[C@]2(C=O)[C@H](CCC[C@]23CO3)[C@@]1(C)CCC1=CC(=O)OC1. The molecule has 0 aromatic heterocycles. The maximum absolute atomic E-state index is 12.4. The maximum atomic E-state index is 12.4. The van der Waals surface area contributed by atoms with Crippen molar-refractivity contribution in [2.45, 2.75) is 64.1 Å². The molecule has 2 saturated carbocycles. The molecule has 0 aromatic carbocycles. The molecule has 0 unspecified atom stereocenters. The normalized spacial score (nSPS) is 48.7. The Balaban J connectivity index is 1.65. The number of fused-ring (bicyclic) bond motifs is 2. The van der Waals surface area contributed by atoms with Gasteiger partial charge in [0.25, 0.3) is 0 Å². The summed E-state index contributed by atoms with van der Waals surface area (Å²) in [6.07, 6.45) is 7.21. The van der Waals surface area contributed by atoms with Crippen LogP contribution in [0.3, 0.4) is 0 Å². The summed E-state index contributed by atoms with van der Waals surface area (Å²) in [6.45, 7) is 5.45. The van der Waals surface area contributed by atoms with Crippen molar-refractivity contribution >= 4 is 12.3 Å². The van der Waals surface area contributed by atoms with Crippen molar-refractivity contribution in [2.75, 3.05) is 13.2 Å². The first-order valence-corrected chi connectivity index (χ1v) is 9.52. The van der Waals surface area contributed by atoms with Crippen LogP contribution in [-0.2, 0) is 19.1 Å². The summed E-state index contributed by atoms with van der Waals surface area (Å²) in [5.74, 6) is 0.178. The van der Waals surface area contributed by atoms with Gasteiger partial charge in [-0.25, -0.2) is 4.79 Å². The van der Waals surface area contributed by atoms with Gasteiger partial charge < -0.3 is 19.4 Å². The lowest BCUT2D eigenvalue weighted by Gasteiger charge is -2.60. The molecule has 138 valence electrons. The van der Waals surface area contributed by atoms with E-state index in [2.05, 4.69) is 13.8 Å². The smallest absolute Gasteiger partial charge is 0.331 e.